The van der Waals surface area contributed by atoms with E-state index in [1.807, 2.05) is 6.92 Å². The van der Waals surface area contributed by atoms with E-state index in [0.29, 0.717) is 12.3 Å². The maximum absolute atomic E-state index is 12.0. The molecular weight excluding hydrogens is 292 g/mol. The van der Waals surface area contributed by atoms with Crippen LogP contribution in [0.2, 0.25) is 0 Å². The predicted molar refractivity (Wildman–Crippen MR) is 80.5 cm³/mol. The predicted octanol–water partition coefficient (Wildman–Crippen LogP) is 2.25. The van der Waals surface area contributed by atoms with Gasteiger partial charge in [0.05, 0.1) is 10.7 Å². The fourth-order valence-electron chi connectivity index (χ4n) is 2.41. The average molecular weight is 312 g/mol. The second-order valence-corrected chi connectivity index (χ2v) is 7.46. The van der Waals surface area contributed by atoms with Crippen LogP contribution in [0.15, 0.2) is 24.3 Å². The zero-order chi connectivity index (χ0) is 15.5. The number of non-ortho nitro benzene ring substituents is 1. The Labute approximate surface area is 124 Å². The molecular formula is C14H20N2O4S. The number of nitrogens with one attached hydrogen (secondary N) is 1. The molecule has 116 valence electrons. The number of nitrogens with zero attached hydrogens (tertiary/aromatic N) is 1. The van der Waals surface area contributed by atoms with Crippen molar-refractivity contribution in [1.82, 2.24) is 4.72 Å². The largest absolute Gasteiger partial charge is 0.269 e. The van der Waals surface area contributed by atoms with E-state index < -0.39 is 14.9 Å². The number of nitro groups is 1. The van der Waals surface area contributed by atoms with Gasteiger partial charge in [-0.2, -0.15) is 0 Å². The van der Waals surface area contributed by atoms with Crippen LogP contribution < -0.4 is 4.72 Å². The molecule has 1 atom stereocenters. The molecule has 1 N–H and O–H groups in total. The first kappa shape index (κ1) is 15.9. The Morgan fingerprint density at radius 2 is 1.95 bits per heavy atom. The Morgan fingerprint density at radius 3 is 2.43 bits per heavy atom. The number of nitro benzene ring substituents is 1. The molecule has 0 saturated heterocycles. The van der Waals surface area contributed by atoms with Crippen LogP contribution in [0, 0.1) is 16.0 Å². The van der Waals surface area contributed by atoms with Crippen molar-refractivity contribution in [2.45, 2.75) is 38.6 Å². The fourth-order valence-corrected chi connectivity index (χ4v) is 3.80. The van der Waals surface area contributed by atoms with E-state index in [2.05, 4.69) is 4.72 Å². The van der Waals surface area contributed by atoms with Crippen LogP contribution in [0.5, 0.6) is 0 Å². The minimum Gasteiger partial charge on any atom is -0.258 e. The SMILES string of the molecule is CC(NS(=O)(=O)CCc1ccc([N+](=O)[O-])cc1)C1CCC1. The van der Waals surface area contributed by atoms with Crippen molar-refractivity contribution in [3.63, 3.8) is 0 Å². The van der Waals surface area contributed by atoms with Crippen LogP contribution in [0.4, 0.5) is 5.69 Å². The lowest BCUT2D eigenvalue weighted by Gasteiger charge is -2.31. The van der Waals surface area contributed by atoms with E-state index in [0.717, 1.165) is 18.4 Å². The van der Waals surface area contributed by atoms with Crippen LogP contribution in [0.1, 0.15) is 31.7 Å². The molecule has 1 aliphatic rings. The van der Waals surface area contributed by atoms with Crippen molar-refractivity contribution in [3.05, 3.63) is 39.9 Å². The number of hydrogen-bond acceptors (Lipinski definition) is 4. The summed E-state index contributed by atoms with van der Waals surface area (Å²) in [6.45, 7) is 1.91. The number of aryl methyl sites for hydroxylation is 1. The molecule has 1 unspecified atom stereocenters. The standard InChI is InChI=1S/C14H20N2O4S/c1-11(13-3-2-4-13)15-21(19,20)10-9-12-5-7-14(8-6-12)16(17)18/h5-8,11,13,15H,2-4,9-10H2,1H3. The van der Waals surface area contributed by atoms with Crippen molar-refractivity contribution in [1.29, 1.82) is 0 Å². The van der Waals surface area contributed by atoms with Crippen LogP contribution >= 0.6 is 0 Å². The Hall–Kier alpha value is -1.47. The Bertz CT molecular complexity index is 594. The molecule has 0 bridgehead atoms. The summed E-state index contributed by atoms with van der Waals surface area (Å²) in [5, 5.41) is 10.5. The summed E-state index contributed by atoms with van der Waals surface area (Å²) in [7, 11) is -3.31. The molecule has 0 aromatic heterocycles. The van der Waals surface area contributed by atoms with Crippen molar-refractivity contribution < 1.29 is 13.3 Å². The molecule has 6 nitrogen and oxygen atoms in total. The first-order valence-electron chi connectivity index (χ1n) is 7.11. The normalized spacial score (nSPS) is 17.2. The highest BCUT2D eigenvalue weighted by atomic mass is 32.2. The van der Waals surface area contributed by atoms with Gasteiger partial charge in [0.1, 0.15) is 0 Å². The molecule has 1 aromatic rings. The van der Waals surface area contributed by atoms with Crippen LogP contribution in [-0.2, 0) is 16.4 Å². The van der Waals surface area contributed by atoms with Gasteiger partial charge in [-0.25, -0.2) is 13.1 Å². The van der Waals surface area contributed by atoms with Gasteiger partial charge < -0.3 is 0 Å². The van der Waals surface area contributed by atoms with E-state index in [1.54, 1.807) is 12.1 Å². The van der Waals surface area contributed by atoms with Crippen molar-refractivity contribution in [2.24, 2.45) is 5.92 Å². The maximum atomic E-state index is 12.0. The summed E-state index contributed by atoms with van der Waals surface area (Å²) in [5.41, 5.74) is 0.792. The van der Waals surface area contributed by atoms with Gasteiger partial charge in [0.25, 0.3) is 5.69 Å². The first-order chi connectivity index (χ1) is 9.87. The topological polar surface area (TPSA) is 89.3 Å². The smallest absolute Gasteiger partial charge is 0.258 e. The molecule has 2 rings (SSSR count). The van der Waals surface area contributed by atoms with Crippen LogP contribution in [0.25, 0.3) is 0 Å². The van der Waals surface area contributed by atoms with Crippen LogP contribution in [0.3, 0.4) is 0 Å². The summed E-state index contributed by atoms with van der Waals surface area (Å²) in [5.74, 6) is 0.459. The summed E-state index contributed by atoms with van der Waals surface area (Å²) < 4.78 is 26.8. The van der Waals surface area contributed by atoms with Gasteiger partial charge >= 0.3 is 0 Å². The lowest BCUT2D eigenvalue weighted by Crippen LogP contribution is -2.41. The average Bonchev–Trinajstić information content (AvgIpc) is 2.34. The zero-order valence-corrected chi connectivity index (χ0v) is 12.8. The first-order valence-corrected chi connectivity index (χ1v) is 8.76. The number of sulfonamides is 1. The van der Waals surface area contributed by atoms with Crippen molar-refractivity contribution >= 4 is 15.7 Å². The molecule has 0 heterocycles. The number of hydrogen-bond donors (Lipinski definition) is 1. The molecule has 0 amide bonds. The minimum absolute atomic E-state index is 0.00186. The second kappa shape index (κ2) is 6.53. The molecule has 21 heavy (non-hydrogen) atoms. The van der Waals surface area contributed by atoms with E-state index in [4.69, 9.17) is 0 Å². The molecule has 0 aliphatic heterocycles. The highest BCUT2D eigenvalue weighted by Gasteiger charge is 2.26. The van der Waals surface area contributed by atoms with Crippen molar-refractivity contribution in [3.8, 4) is 0 Å². The highest BCUT2D eigenvalue weighted by Crippen LogP contribution is 2.29. The Morgan fingerprint density at radius 1 is 1.33 bits per heavy atom. The molecule has 1 fully saturated rings. The fraction of sp³-hybridized carbons (Fsp3) is 0.571. The minimum atomic E-state index is -3.31. The van der Waals surface area contributed by atoms with Crippen molar-refractivity contribution in [2.75, 3.05) is 5.75 Å². The zero-order valence-electron chi connectivity index (χ0n) is 12.0. The van der Waals surface area contributed by atoms with Crippen LogP contribution in [-0.4, -0.2) is 25.1 Å². The highest BCUT2D eigenvalue weighted by molar-refractivity contribution is 7.89. The lowest BCUT2D eigenvalue weighted by molar-refractivity contribution is -0.384. The lowest BCUT2D eigenvalue weighted by atomic mass is 9.81. The molecule has 1 aromatic carbocycles. The summed E-state index contributed by atoms with van der Waals surface area (Å²) >= 11 is 0. The third-order valence-electron chi connectivity index (χ3n) is 4.03. The van der Waals surface area contributed by atoms with Gasteiger partial charge in [-0.05, 0) is 37.7 Å². The molecule has 0 spiro atoms. The maximum Gasteiger partial charge on any atom is 0.269 e. The van der Waals surface area contributed by atoms with Gasteiger partial charge in [-0.1, -0.05) is 18.6 Å². The van der Waals surface area contributed by atoms with Gasteiger partial charge in [-0.3, -0.25) is 10.1 Å². The Balaban J connectivity index is 1.87. The van der Waals surface area contributed by atoms with E-state index in [-0.39, 0.29) is 17.5 Å². The summed E-state index contributed by atoms with van der Waals surface area (Å²) in [4.78, 5) is 10.1. The molecule has 0 radical (unpaired) electrons. The van der Waals surface area contributed by atoms with E-state index in [1.165, 1.54) is 18.6 Å². The van der Waals surface area contributed by atoms with E-state index >= 15 is 0 Å². The summed E-state index contributed by atoms with van der Waals surface area (Å²) in [6, 6.07) is 5.98. The number of benzene rings is 1. The van der Waals surface area contributed by atoms with Gasteiger partial charge in [-0.15, -0.1) is 0 Å². The molecule has 7 heteroatoms. The van der Waals surface area contributed by atoms with Gasteiger partial charge in [0.15, 0.2) is 0 Å². The monoisotopic (exact) mass is 312 g/mol. The van der Waals surface area contributed by atoms with Gasteiger partial charge in [0, 0.05) is 18.2 Å². The molecule has 1 aliphatic carbocycles. The summed E-state index contributed by atoms with van der Waals surface area (Å²) in [6.07, 6.45) is 3.71. The third kappa shape index (κ3) is 4.50. The molecule has 1 saturated carbocycles. The Kier molecular flexibility index (Phi) is 4.95. The second-order valence-electron chi connectivity index (χ2n) is 5.59. The quantitative estimate of drug-likeness (QED) is 0.617. The van der Waals surface area contributed by atoms with Gasteiger partial charge in [0.2, 0.25) is 10.0 Å². The third-order valence-corrected chi connectivity index (χ3v) is 5.50. The van der Waals surface area contributed by atoms with E-state index in [9.17, 15) is 18.5 Å². The number of rotatable bonds is 7.